The third kappa shape index (κ3) is 3.07. The second-order valence-corrected chi connectivity index (χ2v) is 5.45. The van der Waals surface area contributed by atoms with E-state index in [0.717, 1.165) is 4.88 Å². The molecule has 0 radical (unpaired) electrons. The van der Waals surface area contributed by atoms with Crippen molar-refractivity contribution in [1.82, 2.24) is 10.1 Å². The van der Waals surface area contributed by atoms with E-state index in [0.29, 0.717) is 17.1 Å². The number of nitriles is 1. The SMILES string of the molecule is COc1cc(C=C(C#N)c2nc(-c3cccs3)no2)ccc1O. The zero-order valence-electron chi connectivity index (χ0n) is 12.1. The van der Waals surface area contributed by atoms with E-state index in [1.807, 2.05) is 23.6 Å². The number of aromatic hydroxyl groups is 1. The van der Waals surface area contributed by atoms with Crippen molar-refractivity contribution in [2.75, 3.05) is 7.11 Å². The molecule has 0 fully saturated rings. The fourth-order valence-corrected chi connectivity index (χ4v) is 2.58. The first-order chi connectivity index (χ1) is 11.2. The predicted octanol–water partition coefficient (Wildman–Crippen LogP) is 3.58. The molecule has 0 saturated carbocycles. The number of phenols is 1. The van der Waals surface area contributed by atoms with Crippen molar-refractivity contribution in [2.24, 2.45) is 0 Å². The van der Waals surface area contributed by atoms with Crippen LogP contribution < -0.4 is 4.74 Å². The zero-order chi connectivity index (χ0) is 16.2. The summed E-state index contributed by atoms with van der Waals surface area (Å²) < 4.78 is 10.2. The number of phenolic OH excluding ortho intramolecular Hbond substituents is 1. The molecule has 0 aliphatic heterocycles. The van der Waals surface area contributed by atoms with E-state index in [1.165, 1.54) is 24.5 Å². The molecule has 0 unspecified atom stereocenters. The molecule has 3 rings (SSSR count). The van der Waals surface area contributed by atoms with Crippen molar-refractivity contribution < 1.29 is 14.4 Å². The normalized spacial score (nSPS) is 11.2. The number of hydrogen-bond donors (Lipinski definition) is 1. The van der Waals surface area contributed by atoms with Gasteiger partial charge in [-0.1, -0.05) is 17.3 Å². The van der Waals surface area contributed by atoms with E-state index >= 15 is 0 Å². The Labute approximate surface area is 135 Å². The summed E-state index contributed by atoms with van der Waals surface area (Å²) in [5, 5.41) is 24.7. The standard InChI is InChI=1S/C16H11N3O3S/c1-21-13-8-10(4-5-12(13)20)7-11(9-17)16-18-15(19-22-16)14-3-2-6-23-14/h2-8,20H,1H3. The number of benzene rings is 1. The van der Waals surface area contributed by atoms with Gasteiger partial charge in [-0.3, -0.25) is 0 Å². The molecule has 2 heterocycles. The van der Waals surface area contributed by atoms with Crippen LogP contribution in [0.1, 0.15) is 11.5 Å². The first-order valence-electron chi connectivity index (χ1n) is 6.58. The number of rotatable bonds is 4. The van der Waals surface area contributed by atoms with Crippen LogP contribution in [0.5, 0.6) is 11.5 Å². The van der Waals surface area contributed by atoms with Crippen LogP contribution in [0.25, 0.3) is 22.4 Å². The summed E-state index contributed by atoms with van der Waals surface area (Å²) in [6.45, 7) is 0. The molecule has 0 bridgehead atoms. The molecule has 0 amide bonds. The Balaban J connectivity index is 1.95. The van der Waals surface area contributed by atoms with Crippen LogP contribution in [-0.2, 0) is 0 Å². The van der Waals surface area contributed by atoms with Gasteiger partial charge in [0.15, 0.2) is 11.5 Å². The summed E-state index contributed by atoms with van der Waals surface area (Å²) in [7, 11) is 1.46. The molecule has 0 saturated heterocycles. The summed E-state index contributed by atoms with van der Waals surface area (Å²) in [5.41, 5.74) is 0.903. The average molecular weight is 325 g/mol. The van der Waals surface area contributed by atoms with Gasteiger partial charge in [0.25, 0.3) is 5.89 Å². The lowest BCUT2D eigenvalue weighted by atomic mass is 10.1. The van der Waals surface area contributed by atoms with Gasteiger partial charge in [0.05, 0.1) is 12.0 Å². The van der Waals surface area contributed by atoms with Gasteiger partial charge in [0, 0.05) is 0 Å². The zero-order valence-corrected chi connectivity index (χ0v) is 12.9. The molecule has 1 aromatic carbocycles. The van der Waals surface area contributed by atoms with E-state index < -0.39 is 0 Å². The number of nitrogens with zero attached hydrogens (tertiary/aromatic N) is 3. The molecule has 0 spiro atoms. The molecule has 7 heteroatoms. The van der Waals surface area contributed by atoms with Gasteiger partial charge in [-0.25, -0.2) is 0 Å². The monoisotopic (exact) mass is 325 g/mol. The van der Waals surface area contributed by atoms with Gasteiger partial charge in [-0.2, -0.15) is 10.2 Å². The minimum Gasteiger partial charge on any atom is -0.504 e. The second-order valence-electron chi connectivity index (χ2n) is 4.50. The highest BCUT2D eigenvalue weighted by Gasteiger charge is 2.14. The van der Waals surface area contributed by atoms with Crippen molar-refractivity contribution >= 4 is 23.0 Å². The lowest BCUT2D eigenvalue weighted by Gasteiger charge is -2.03. The maximum atomic E-state index is 9.60. The summed E-state index contributed by atoms with van der Waals surface area (Å²) in [4.78, 5) is 5.11. The Morgan fingerprint density at radius 3 is 3.00 bits per heavy atom. The van der Waals surface area contributed by atoms with Crippen LogP contribution in [-0.4, -0.2) is 22.4 Å². The molecule has 0 aliphatic carbocycles. The minimum absolute atomic E-state index is 0.0286. The molecule has 2 aromatic heterocycles. The Hall–Kier alpha value is -3.11. The molecule has 23 heavy (non-hydrogen) atoms. The fourth-order valence-electron chi connectivity index (χ4n) is 1.93. The summed E-state index contributed by atoms with van der Waals surface area (Å²) >= 11 is 1.49. The number of aromatic nitrogens is 2. The molecule has 114 valence electrons. The molecule has 6 nitrogen and oxygen atoms in total. The number of ether oxygens (including phenoxy) is 1. The highest BCUT2D eigenvalue weighted by Crippen LogP contribution is 2.29. The largest absolute Gasteiger partial charge is 0.504 e. The molecule has 3 aromatic rings. The van der Waals surface area contributed by atoms with Gasteiger partial charge in [-0.15, -0.1) is 11.3 Å². The van der Waals surface area contributed by atoms with Gasteiger partial charge in [0.2, 0.25) is 5.82 Å². The average Bonchev–Trinajstić information content (AvgIpc) is 3.25. The highest BCUT2D eigenvalue weighted by atomic mass is 32.1. The van der Waals surface area contributed by atoms with Crippen LogP contribution in [0.4, 0.5) is 0 Å². The Morgan fingerprint density at radius 1 is 1.43 bits per heavy atom. The van der Waals surface area contributed by atoms with Crippen molar-refractivity contribution in [2.45, 2.75) is 0 Å². The first kappa shape index (κ1) is 14.8. The van der Waals surface area contributed by atoms with Crippen molar-refractivity contribution in [1.29, 1.82) is 5.26 Å². The molecule has 0 atom stereocenters. The van der Waals surface area contributed by atoms with Gasteiger partial charge in [0.1, 0.15) is 11.6 Å². The van der Waals surface area contributed by atoms with Gasteiger partial charge in [-0.05, 0) is 35.2 Å². The van der Waals surface area contributed by atoms with Crippen molar-refractivity contribution in [3.63, 3.8) is 0 Å². The quantitative estimate of drug-likeness (QED) is 0.737. The number of hydrogen-bond acceptors (Lipinski definition) is 7. The number of methoxy groups -OCH3 is 1. The van der Waals surface area contributed by atoms with E-state index in [-0.39, 0.29) is 17.2 Å². The van der Waals surface area contributed by atoms with Crippen LogP contribution >= 0.6 is 11.3 Å². The Kier molecular flexibility index (Phi) is 4.08. The second kappa shape index (κ2) is 6.34. The molecular formula is C16H11N3O3S. The fraction of sp³-hybridized carbons (Fsp3) is 0.0625. The lowest BCUT2D eigenvalue weighted by Crippen LogP contribution is -1.86. The van der Waals surface area contributed by atoms with Gasteiger partial charge >= 0.3 is 0 Å². The third-order valence-electron chi connectivity index (χ3n) is 3.03. The highest BCUT2D eigenvalue weighted by molar-refractivity contribution is 7.13. The van der Waals surface area contributed by atoms with E-state index in [4.69, 9.17) is 9.26 Å². The smallest absolute Gasteiger partial charge is 0.268 e. The van der Waals surface area contributed by atoms with Crippen LogP contribution in [0.2, 0.25) is 0 Å². The van der Waals surface area contributed by atoms with Crippen molar-refractivity contribution in [3.8, 4) is 28.3 Å². The van der Waals surface area contributed by atoms with E-state index in [2.05, 4.69) is 10.1 Å². The van der Waals surface area contributed by atoms with E-state index in [9.17, 15) is 10.4 Å². The molecule has 0 aliphatic rings. The molecular weight excluding hydrogens is 314 g/mol. The first-order valence-corrected chi connectivity index (χ1v) is 7.46. The van der Waals surface area contributed by atoms with Crippen LogP contribution in [0.15, 0.2) is 40.2 Å². The Bertz CT molecular complexity index is 892. The maximum absolute atomic E-state index is 9.60. The Morgan fingerprint density at radius 2 is 2.30 bits per heavy atom. The lowest BCUT2D eigenvalue weighted by molar-refractivity contribution is 0.373. The minimum atomic E-state index is 0.0286. The summed E-state index contributed by atoms with van der Waals surface area (Å²) in [5.74, 6) is 0.934. The maximum Gasteiger partial charge on any atom is 0.268 e. The van der Waals surface area contributed by atoms with Crippen LogP contribution in [0, 0.1) is 11.3 Å². The molecule has 1 N–H and O–H groups in total. The topological polar surface area (TPSA) is 92.2 Å². The number of allylic oxidation sites excluding steroid dienone is 1. The van der Waals surface area contributed by atoms with E-state index in [1.54, 1.807) is 18.2 Å². The van der Waals surface area contributed by atoms with Gasteiger partial charge < -0.3 is 14.4 Å². The predicted molar refractivity (Wildman–Crippen MR) is 85.8 cm³/mol. The number of thiophene rings is 1. The van der Waals surface area contributed by atoms with Crippen molar-refractivity contribution in [3.05, 3.63) is 47.2 Å². The third-order valence-corrected chi connectivity index (χ3v) is 3.90. The summed E-state index contributed by atoms with van der Waals surface area (Å²) in [6, 6.07) is 10.6. The summed E-state index contributed by atoms with van der Waals surface area (Å²) in [6.07, 6.45) is 1.59. The van der Waals surface area contributed by atoms with Crippen LogP contribution in [0.3, 0.4) is 0 Å².